The van der Waals surface area contributed by atoms with Gasteiger partial charge in [0, 0.05) is 12.6 Å². The highest BCUT2D eigenvalue weighted by Gasteiger charge is 2.15. The van der Waals surface area contributed by atoms with Gasteiger partial charge in [-0.15, -0.1) is 10.2 Å². The Bertz CT molecular complexity index is 617. The first kappa shape index (κ1) is 18.0. The summed E-state index contributed by atoms with van der Waals surface area (Å²) in [5.41, 5.74) is 2.56. The van der Waals surface area contributed by atoms with Crippen LogP contribution < -0.4 is 5.32 Å². The van der Waals surface area contributed by atoms with Crippen LogP contribution in [0.25, 0.3) is 11.4 Å². The Kier molecular flexibility index (Phi) is 6.21. The van der Waals surface area contributed by atoms with Gasteiger partial charge in [-0.05, 0) is 11.0 Å². The molecule has 1 aromatic carbocycles. The fourth-order valence-corrected chi connectivity index (χ4v) is 3.13. The summed E-state index contributed by atoms with van der Waals surface area (Å²) in [5.74, 6) is 1.85. The quantitative estimate of drug-likeness (QED) is 0.593. The summed E-state index contributed by atoms with van der Waals surface area (Å²) in [4.78, 5) is 0. The molecule has 0 radical (unpaired) electrons. The Hall–Kier alpha value is -1.37. The standard InChI is InChI=1S/C17H26N4OS/c1-17(2,3)14-7-5-13(6-8-14)15-19-20-16(21(15)4)23-12-10-18-9-11-22/h5-8,18,22H,9-12H2,1-4H3/p+1. The largest absolute Gasteiger partial charge is 0.391 e. The number of nitrogens with zero attached hydrogens (tertiary/aromatic N) is 3. The summed E-state index contributed by atoms with van der Waals surface area (Å²) in [5, 5.41) is 20.4. The van der Waals surface area contributed by atoms with E-state index in [-0.39, 0.29) is 12.0 Å². The van der Waals surface area contributed by atoms with Crippen LogP contribution in [0.5, 0.6) is 0 Å². The van der Waals surface area contributed by atoms with Gasteiger partial charge in [0.2, 0.25) is 0 Å². The molecule has 0 saturated heterocycles. The Morgan fingerprint density at radius 3 is 2.43 bits per heavy atom. The fraction of sp³-hybridized carbons (Fsp3) is 0.529. The molecular formula is C17H27N4OS+. The molecule has 0 bridgehead atoms. The Labute approximate surface area is 142 Å². The lowest BCUT2D eigenvalue weighted by atomic mass is 9.87. The number of quaternary nitrogens is 1. The molecule has 0 atom stereocenters. The molecule has 0 aliphatic heterocycles. The summed E-state index contributed by atoms with van der Waals surface area (Å²) in [6.45, 7) is 8.59. The summed E-state index contributed by atoms with van der Waals surface area (Å²) >= 11 is 1.70. The number of nitrogens with two attached hydrogens (primary N) is 1. The number of thioether (sulfide) groups is 1. The highest BCUT2D eigenvalue weighted by atomic mass is 32.2. The van der Waals surface area contributed by atoms with Crippen molar-refractivity contribution in [3.63, 3.8) is 0 Å². The van der Waals surface area contributed by atoms with E-state index in [2.05, 4.69) is 60.6 Å². The highest BCUT2D eigenvalue weighted by molar-refractivity contribution is 7.99. The van der Waals surface area contributed by atoms with E-state index in [9.17, 15) is 0 Å². The van der Waals surface area contributed by atoms with Crippen molar-refractivity contribution in [3.05, 3.63) is 29.8 Å². The molecule has 6 heteroatoms. The lowest BCUT2D eigenvalue weighted by Gasteiger charge is -2.19. The van der Waals surface area contributed by atoms with Gasteiger partial charge < -0.3 is 15.0 Å². The number of aliphatic hydroxyl groups is 1. The van der Waals surface area contributed by atoms with Crippen LogP contribution in [-0.4, -0.2) is 45.3 Å². The fourth-order valence-electron chi connectivity index (χ4n) is 2.28. The van der Waals surface area contributed by atoms with E-state index >= 15 is 0 Å². The SMILES string of the molecule is Cn1c(SCC[NH2+]CCO)nnc1-c1ccc(C(C)(C)C)cc1. The van der Waals surface area contributed by atoms with Crippen LogP contribution in [-0.2, 0) is 12.5 Å². The van der Waals surface area contributed by atoms with Gasteiger partial charge in [-0.1, -0.05) is 56.8 Å². The smallest absolute Gasteiger partial charge is 0.191 e. The van der Waals surface area contributed by atoms with Crippen molar-refractivity contribution in [1.29, 1.82) is 0 Å². The van der Waals surface area contributed by atoms with E-state index in [1.54, 1.807) is 11.8 Å². The van der Waals surface area contributed by atoms with Crippen LogP contribution in [0.15, 0.2) is 29.4 Å². The zero-order valence-electron chi connectivity index (χ0n) is 14.4. The molecule has 0 aliphatic carbocycles. The van der Waals surface area contributed by atoms with Crippen LogP contribution in [0.2, 0.25) is 0 Å². The maximum atomic E-state index is 8.76. The molecule has 23 heavy (non-hydrogen) atoms. The second kappa shape index (κ2) is 7.95. The summed E-state index contributed by atoms with van der Waals surface area (Å²) in [7, 11) is 2.01. The number of benzene rings is 1. The number of aliphatic hydroxyl groups excluding tert-OH is 1. The average Bonchev–Trinajstić information content (AvgIpc) is 2.87. The number of hydrogen-bond donors (Lipinski definition) is 2. The van der Waals surface area contributed by atoms with Gasteiger partial charge in [0.1, 0.15) is 0 Å². The van der Waals surface area contributed by atoms with Gasteiger partial charge in [-0.2, -0.15) is 0 Å². The number of aromatic nitrogens is 3. The maximum Gasteiger partial charge on any atom is 0.191 e. The summed E-state index contributed by atoms with van der Waals surface area (Å²) < 4.78 is 2.04. The van der Waals surface area contributed by atoms with E-state index < -0.39 is 0 Å². The van der Waals surface area contributed by atoms with Crippen molar-refractivity contribution >= 4 is 11.8 Å². The lowest BCUT2D eigenvalue weighted by Crippen LogP contribution is -2.85. The Morgan fingerprint density at radius 1 is 1.13 bits per heavy atom. The van der Waals surface area contributed by atoms with Crippen LogP contribution >= 0.6 is 11.8 Å². The maximum absolute atomic E-state index is 8.76. The molecule has 0 spiro atoms. The van der Waals surface area contributed by atoms with Crippen molar-refractivity contribution < 1.29 is 10.4 Å². The third-order valence-electron chi connectivity index (χ3n) is 3.73. The average molecular weight is 335 g/mol. The topological polar surface area (TPSA) is 67.5 Å². The minimum atomic E-state index is 0.157. The number of hydrogen-bond acceptors (Lipinski definition) is 4. The molecule has 5 nitrogen and oxygen atoms in total. The first-order valence-corrected chi connectivity index (χ1v) is 8.97. The molecule has 1 aromatic heterocycles. The van der Waals surface area contributed by atoms with Gasteiger partial charge in [0.25, 0.3) is 0 Å². The van der Waals surface area contributed by atoms with Gasteiger partial charge >= 0.3 is 0 Å². The zero-order valence-corrected chi connectivity index (χ0v) is 15.2. The van der Waals surface area contributed by atoms with Crippen molar-refractivity contribution in [2.24, 2.45) is 7.05 Å². The minimum Gasteiger partial charge on any atom is -0.391 e. The molecule has 0 amide bonds. The third kappa shape index (κ3) is 4.80. The third-order valence-corrected chi connectivity index (χ3v) is 4.78. The van der Waals surface area contributed by atoms with E-state index in [0.29, 0.717) is 0 Å². The van der Waals surface area contributed by atoms with Gasteiger partial charge in [-0.25, -0.2) is 0 Å². The van der Waals surface area contributed by atoms with Crippen LogP contribution in [0, 0.1) is 0 Å². The van der Waals surface area contributed by atoms with Gasteiger partial charge in [-0.3, -0.25) is 0 Å². The Balaban J connectivity index is 2.04. The van der Waals surface area contributed by atoms with Crippen molar-refractivity contribution in [2.45, 2.75) is 31.3 Å². The van der Waals surface area contributed by atoms with E-state index in [1.165, 1.54) is 5.56 Å². The number of rotatable bonds is 7. The molecule has 2 rings (SSSR count). The molecular weight excluding hydrogens is 308 g/mol. The molecule has 0 saturated carbocycles. The van der Waals surface area contributed by atoms with Crippen LogP contribution in [0.1, 0.15) is 26.3 Å². The minimum absolute atomic E-state index is 0.157. The summed E-state index contributed by atoms with van der Waals surface area (Å²) in [6, 6.07) is 8.57. The predicted octanol–water partition coefficient (Wildman–Crippen LogP) is 1.43. The second-order valence-corrected chi connectivity index (χ2v) is 7.69. The highest BCUT2D eigenvalue weighted by Crippen LogP contribution is 2.26. The van der Waals surface area contributed by atoms with E-state index in [0.717, 1.165) is 35.4 Å². The van der Waals surface area contributed by atoms with Crippen molar-refractivity contribution in [2.75, 3.05) is 25.4 Å². The van der Waals surface area contributed by atoms with Crippen molar-refractivity contribution in [3.8, 4) is 11.4 Å². The first-order valence-electron chi connectivity index (χ1n) is 7.99. The monoisotopic (exact) mass is 335 g/mol. The van der Waals surface area contributed by atoms with Crippen LogP contribution in [0.3, 0.4) is 0 Å². The zero-order chi connectivity index (χ0) is 16.9. The summed E-state index contributed by atoms with van der Waals surface area (Å²) in [6.07, 6.45) is 0. The lowest BCUT2D eigenvalue weighted by molar-refractivity contribution is -0.651. The normalized spacial score (nSPS) is 11.9. The Morgan fingerprint density at radius 2 is 1.83 bits per heavy atom. The molecule has 126 valence electrons. The van der Waals surface area contributed by atoms with E-state index in [1.807, 2.05) is 11.6 Å². The van der Waals surface area contributed by atoms with E-state index in [4.69, 9.17) is 5.11 Å². The molecule has 0 fully saturated rings. The van der Waals surface area contributed by atoms with Gasteiger partial charge in [0.05, 0.1) is 25.4 Å². The molecule has 0 unspecified atom stereocenters. The molecule has 0 aliphatic rings. The second-order valence-electron chi connectivity index (χ2n) is 6.63. The molecule has 3 N–H and O–H groups in total. The van der Waals surface area contributed by atoms with Crippen molar-refractivity contribution in [1.82, 2.24) is 14.8 Å². The predicted molar refractivity (Wildman–Crippen MR) is 94.6 cm³/mol. The first-order chi connectivity index (χ1) is 10.9. The molecule has 2 aromatic rings. The van der Waals surface area contributed by atoms with Crippen LogP contribution in [0.4, 0.5) is 0 Å². The molecule has 1 heterocycles. The van der Waals surface area contributed by atoms with Gasteiger partial charge in [0.15, 0.2) is 11.0 Å².